The van der Waals surface area contributed by atoms with Crippen LogP contribution in [0.2, 0.25) is 10.0 Å². The Labute approximate surface area is 154 Å². The molecule has 1 heterocycles. The fourth-order valence-electron chi connectivity index (χ4n) is 3.92. The van der Waals surface area contributed by atoms with Gasteiger partial charge in [-0.3, -0.25) is 0 Å². The lowest BCUT2D eigenvalue weighted by molar-refractivity contribution is -0.137. The van der Waals surface area contributed by atoms with E-state index < -0.39 is 23.7 Å². The predicted molar refractivity (Wildman–Crippen MR) is 92.0 cm³/mol. The summed E-state index contributed by atoms with van der Waals surface area (Å²) < 4.78 is 53.3. The first-order chi connectivity index (χ1) is 12.2. The lowest BCUT2D eigenvalue weighted by atomic mass is 9.76. The fraction of sp³-hybridized carbons (Fsp3) is 0.333. The van der Waals surface area contributed by atoms with Crippen LogP contribution in [0.4, 0.5) is 18.9 Å². The standard InChI is InChI=1S/C18H14Cl2F3NO/c1-25-16-13(20)7-12(19)10-4-5-17(15(10)16)8-24-14-6-9(18(21,22)23)2-3-11(14)17/h2-3,6-7,24H,4-5,8H2,1H3/i8D. The number of benzene rings is 2. The molecule has 0 saturated carbocycles. The number of fused-ring (bicyclic) bond motifs is 4. The highest BCUT2D eigenvalue weighted by Gasteiger charge is 2.49. The van der Waals surface area contributed by atoms with Crippen LogP contribution >= 0.6 is 23.2 Å². The first-order valence-corrected chi connectivity index (χ1v) is 8.41. The van der Waals surface area contributed by atoms with Crippen LogP contribution < -0.4 is 10.1 Å². The molecule has 7 heteroatoms. The quantitative estimate of drug-likeness (QED) is 0.678. The maximum Gasteiger partial charge on any atom is 0.416 e. The van der Waals surface area contributed by atoms with Gasteiger partial charge in [-0.25, -0.2) is 0 Å². The van der Waals surface area contributed by atoms with E-state index in [1.165, 1.54) is 13.2 Å². The summed E-state index contributed by atoms with van der Waals surface area (Å²) >= 11 is 12.6. The van der Waals surface area contributed by atoms with Gasteiger partial charge >= 0.3 is 6.18 Å². The Balaban J connectivity index is 1.98. The Hall–Kier alpha value is -1.59. The van der Waals surface area contributed by atoms with Gasteiger partial charge in [0.15, 0.2) is 0 Å². The van der Waals surface area contributed by atoms with Gasteiger partial charge < -0.3 is 10.1 Å². The fourth-order valence-corrected chi connectivity index (χ4v) is 4.56. The van der Waals surface area contributed by atoms with Gasteiger partial charge in [-0.2, -0.15) is 13.2 Å². The minimum absolute atomic E-state index is 0.311. The largest absolute Gasteiger partial charge is 0.495 e. The van der Waals surface area contributed by atoms with E-state index >= 15 is 0 Å². The second-order valence-electron chi connectivity index (χ2n) is 6.25. The first kappa shape index (κ1) is 15.6. The van der Waals surface area contributed by atoms with E-state index in [1.807, 2.05) is 0 Å². The van der Waals surface area contributed by atoms with Crippen molar-refractivity contribution >= 4 is 28.9 Å². The number of halogens is 5. The van der Waals surface area contributed by atoms with Gasteiger partial charge in [0.1, 0.15) is 5.75 Å². The first-order valence-electron chi connectivity index (χ1n) is 8.23. The highest BCUT2D eigenvalue weighted by Crippen LogP contribution is 2.56. The molecule has 2 unspecified atom stereocenters. The Bertz CT molecular complexity index is 918. The van der Waals surface area contributed by atoms with Crippen molar-refractivity contribution in [1.82, 2.24) is 0 Å². The van der Waals surface area contributed by atoms with Crippen molar-refractivity contribution in [3.63, 3.8) is 0 Å². The summed E-state index contributed by atoms with van der Waals surface area (Å²) in [7, 11) is 1.48. The van der Waals surface area contributed by atoms with Crippen LogP contribution in [0, 0.1) is 0 Å². The molecule has 2 nitrogen and oxygen atoms in total. The molecule has 2 aromatic carbocycles. The molecule has 2 aliphatic rings. The highest BCUT2D eigenvalue weighted by atomic mass is 35.5. The van der Waals surface area contributed by atoms with Gasteiger partial charge in [0.2, 0.25) is 0 Å². The van der Waals surface area contributed by atoms with Crippen LogP contribution in [-0.2, 0) is 18.0 Å². The maximum atomic E-state index is 13.1. The number of ether oxygens (including phenoxy) is 1. The van der Waals surface area contributed by atoms with Crippen molar-refractivity contribution in [3.05, 3.63) is 56.6 Å². The second-order valence-corrected chi connectivity index (χ2v) is 7.06. The molecule has 0 fully saturated rings. The predicted octanol–water partition coefficient (Wildman–Crippen LogP) is 5.68. The number of anilines is 1. The minimum atomic E-state index is -4.44. The molecule has 132 valence electrons. The van der Waals surface area contributed by atoms with Crippen LogP contribution in [0.5, 0.6) is 5.75 Å². The third-order valence-corrected chi connectivity index (χ3v) is 5.63. The third-order valence-electron chi connectivity index (χ3n) is 5.01. The van der Waals surface area contributed by atoms with E-state index in [2.05, 4.69) is 5.32 Å². The summed E-state index contributed by atoms with van der Waals surface area (Å²) in [4.78, 5) is 0. The van der Waals surface area contributed by atoms with Crippen molar-refractivity contribution in [2.45, 2.75) is 24.4 Å². The average Bonchev–Trinajstić information content (AvgIpc) is 3.08. The Morgan fingerprint density at radius 3 is 2.68 bits per heavy atom. The van der Waals surface area contributed by atoms with Gasteiger partial charge in [-0.05, 0) is 42.2 Å². The molecule has 0 radical (unpaired) electrons. The molecular weight excluding hydrogens is 374 g/mol. The Morgan fingerprint density at radius 1 is 1.24 bits per heavy atom. The van der Waals surface area contributed by atoms with Crippen molar-refractivity contribution in [3.8, 4) is 5.75 Å². The smallest absolute Gasteiger partial charge is 0.416 e. The minimum Gasteiger partial charge on any atom is -0.495 e. The van der Waals surface area contributed by atoms with Crippen molar-refractivity contribution in [2.24, 2.45) is 0 Å². The number of methoxy groups -OCH3 is 1. The van der Waals surface area contributed by atoms with Gasteiger partial charge in [-0.1, -0.05) is 29.3 Å². The van der Waals surface area contributed by atoms with Gasteiger partial charge in [0.05, 0.1) is 19.1 Å². The molecule has 25 heavy (non-hydrogen) atoms. The van der Waals surface area contributed by atoms with Crippen molar-refractivity contribution in [2.75, 3.05) is 18.9 Å². The zero-order valence-electron chi connectivity index (χ0n) is 14.1. The average molecular weight is 389 g/mol. The van der Waals surface area contributed by atoms with Gasteiger partial charge in [-0.15, -0.1) is 0 Å². The summed E-state index contributed by atoms with van der Waals surface area (Å²) in [6.07, 6.45) is -3.31. The van der Waals surface area contributed by atoms with Crippen LogP contribution in [0.1, 0.15) is 30.0 Å². The number of rotatable bonds is 1. The van der Waals surface area contributed by atoms with Gasteiger partial charge in [0.25, 0.3) is 0 Å². The molecule has 0 bridgehead atoms. The van der Waals surface area contributed by atoms with Crippen LogP contribution in [0.25, 0.3) is 0 Å². The van der Waals surface area contributed by atoms with Crippen molar-refractivity contribution in [1.29, 1.82) is 0 Å². The lowest BCUT2D eigenvalue weighted by Gasteiger charge is -2.27. The highest BCUT2D eigenvalue weighted by molar-refractivity contribution is 6.36. The van der Waals surface area contributed by atoms with E-state index in [4.69, 9.17) is 29.3 Å². The molecule has 0 aromatic heterocycles. The second kappa shape index (κ2) is 5.45. The molecule has 0 saturated heterocycles. The number of hydrogen-bond acceptors (Lipinski definition) is 2. The molecule has 1 N–H and O–H groups in total. The summed E-state index contributed by atoms with van der Waals surface area (Å²) in [6.45, 7) is -0.870. The topological polar surface area (TPSA) is 21.3 Å². The van der Waals surface area contributed by atoms with Crippen LogP contribution in [0.3, 0.4) is 0 Å². The zero-order valence-corrected chi connectivity index (χ0v) is 14.6. The van der Waals surface area contributed by atoms with E-state index in [-0.39, 0.29) is 0 Å². The Morgan fingerprint density at radius 2 is 2.00 bits per heavy atom. The van der Waals surface area contributed by atoms with Crippen molar-refractivity contribution < 1.29 is 19.3 Å². The van der Waals surface area contributed by atoms with E-state index in [0.717, 1.165) is 17.7 Å². The summed E-state index contributed by atoms with van der Waals surface area (Å²) in [6, 6.07) is 5.16. The molecule has 2 atom stereocenters. The van der Waals surface area contributed by atoms with E-state index in [0.29, 0.717) is 45.5 Å². The monoisotopic (exact) mass is 388 g/mol. The Kier molecular flexibility index (Phi) is 3.41. The normalized spacial score (nSPS) is 24.7. The third kappa shape index (κ3) is 2.32. The zero-order chi connectivity index (χ0) is 18.9. The number of alkyl halides is 3. The molecule has 1 spiro atoms. The van der Waals surface area contributed by atoms with Crippen LogP contribution in [0.15, 0.2) is 24.3 Å². The lowest BCUT2D eigenvalue weighted by Crippen LogP contribution is -2.27. The number of nitrogens with one attached hydrogen (secondary N) is 1. The molecule has 1 aliphatic carbocycles. The van der Waals surface area contributed by atoms with Gasteiger partial charge in [0, 0.05) is 28.2 Å². The summed E-state index contributed by atoms with van der Waals surface area (Å²) in [5.74, 6) is 0.426. The maximum absolute atomic E-state index is 13.1. The molecule has 0 amide bonds. The summed E-state index contributed by atoms with van der Waals surface area (Å²) in [5.41, 5.74) is 0.881. The van der Waals surface area contributed by atoms with E-state index in [1.54, 1.807) is 6.07 Å². The SMILES string of the molecule is [2H]C1Nc2cc(C(F)(F)F)ccc2C12CCc1c(Cl)cc(Cl)c(OC)c12. The number of hydrogen-bond donors (Lipinski definition) is 1. The van der Waals surface area contributed by atoms with Crippen LogP contribution in [-0.4, -0.2) is 13.6 Å². The van der Waals surface area contributed by atoms with E-state index in [9.17, 15) is 13.2 Å². The molecule has 2 aromatic rings. The molecule has 4 rings (SSSR count). The molecule has 1 aliphatic heterocycles. The summed E-state index contributed by atoms with van der Waals surface area (Å²) in [5, 5.41) is 3.70. The molecular formula is C18H14Cl2F3NO.